The Bertz CT molecular complexity index is 821. The molecule has 27 heavy (non-hydrogen) atoms. The molecule has 144 valence electrons. The lowest BCUT2D eigenvalue weighted by Gasteiger charge is -2.22. The third kappa shape index (κ3) is 5.43. The van der Waals surface area contributed by atoms with Crippen LogP contribution >= 0.6 is 15.9 Å². The molecule has 6 nitrogen and oxygen atoms in total. The molecule has 0 aliphatic rings. The Kier molecular flexibility index (Phi) is 7.18. The maximum atomic E-state index is 14.2. The standard InChI is InChI=1S/C19H19BrFNO5/c1-25-14-6-12(7-15(9-14)26-2)10-22(11-18(23)27-3)19(24)16-8-13(20)4-5-17(16)21/h4-9H,10-11H2,1-3H3. The number of carbonyl (C=O) groups excluding carboxylic acids is 2. The van der Waals surface area contributed by atoms with Gasteiger partial charge in [0.05, 0.1) is 26.9 Å². The molecule has 2 aromatic rings. The number of nitrogens with zero attached hydrogens (tertiary/aromatic N) is 1. The van der Waals surface area contributed by atoms with Gasteiger partial charge in [0, 0.05) is 17.1 Å². The molecule has 0 aromatic heterocycles. The number of ether oxygens (including phenoxy) is 3. The van der Waals surface area contributed by atoms with Gasteiger partial charge in [0.15, 0.2) is 0 Å². The lowest BCUT2D eigenvalue weighted by molar-refractivity contribution is -0.141. The molecule has 0 aliphatic heterocycles. The van der Waals surface area contributed by atoms with E-state index in [2.05, 4.69) is 20.7 Å². The Morgan fingerprint density at radius 3 is 2.22 bits per heavy atom. The maximum absolute atomic E-state index is 14.2. The van der Waals surface area contributed by atoms with Gasteiger partial charge in [0.25, 0.3) is 5.91 Å². The van der Waals surface area contributed by atoms with Gasteiger partial charge in [0.1, 0.15) is 23.9 Å². The normalized spacial score (nSPS) is 10.3. The van der Waals surface area contributed by atoms with Crippen LogP contribution in [0.3, 0.4) is 0 Å². The first-order valence-corrected chi connectivity index (χ1v) is 8.70. The van der Waals surface area contributed by atoms with Gasteiger partial charge in [-0.05, 0) is 35.9 Å². The van der Waals surface area contributed by atoms with Crippen LogP contribution in [0.5, 0.6) is 11.5 Å². The highest BCUT2D eigenvalue weighted by Crippen LogP contribution is 2.24. The van der Waals surface area contributed by atoms with Crippen LogP contribution in [0.4, 0.5) is 4.39 Å². The Hall–Kier alpha value is -2.61. The first kappa shape index (κ1) is 20.7. The van der Waals surface area contributed by atoms with Crippen molar-refractivity contribution >= 4 is 27.8 Å². The lowest BCUT2D eigenvalue weighted by Crippen LogP contribution is -2.36. The number of benzene rings is 2. The average molecular weight is 440 g/mol. The van der Waals surface area contributed by atoms with E-state index in [0.717, 1.165) is 0 Å². The zero-order valence-corrected chi connectivity index (χ0v) is 16.7. The number of rotatable bonds is 7. The fraction of sp³-hybridized carbons (Fsp3) is 0.263. The van der Waals surface area contributed by atoms with E-state index in [-0.39, 0.29) is 18.7 Å². The van der Waals surface area contributed by atoms with E-state index in [9.17, 15) is 14.0 Å². The summed E-state index contributed by atoms with van der Waals surface area (Å²) in [4.78, 5) is 25.9. The highest BCUT2D eigenvalue weighted by molar-refractivity contribution is 9.10. The average Bonchev–Trinajstić information content (AvgIpc) is 2.68. The van der Waals surface area contributed by atoms with Crippen LogP contribution < -0.4 is 9.47 Å². The number of hydrogen-bond donors (Lipinski definition) is 0. The van der Waals surface area contributed by atoms with E-state index < -0.39 is 17.7 Å². The van der Waals surface area contributed by atoms with Gasteiger partial charge >= 0.3 is 5.97 Å². The van der Waals surface area contributed by atoms with Crippen molar-refractivity contribution < 1.29 is 28.2 Å². The molecular formula is C19H19BrFNO5. The highest BCUT2D eigenvalue weighted by Gasteiger charge is 2.23. The summed E-state index contributed by atoms with van der Waals surface area (Å²) in [6.07, 6.45) is 0. The molecule has 0 N–H and O–H groups in total. The Balaban J connectivity index is 2.38. The number of methoxy groups -OCH3 is 3. The van der Waals surface area contributed by atoms with Gasteiger partial charge in [-0.15, -0.1) is 0 Å². The molecule has 0 fully saturated rings. The molecule has 8 heteroatoms. The summed E-state index contributed by atoms with van der Waals surface area (Å²) < 4.78 is 29.8. The SMILES string of the molecule is COC(=O)CN(Cc1cc(OC)cc(OC)c1)C(=O)c1cc(Br)ccc1F. The van der Waals surface area contributed by atoms with Crippen molar-refractivity contribution in [1.29, 1.82) is 0 Å². The summed E-state index contributed by atoms with van der Waals surface area (Å²) in [6.45, 7) is -0.297. The smallest absolute Gasteiger partial charge is 0.325 e. The van der Waals surface area contributed by atoms with Crippen LogP contribution in [-0.4, -0.2) is 44.7 Å². The van der Waals surface area contributed by atoms with Gasteiger partial charge in [-0.3, -0.25) is 9.59 Å². The molecule has 0 heterocycles. The second kappa shape index (κ2) is 9.36. The summed E-state index contributed by atoms with van der Waals surface area (Å²) in [6, 6.07) is 9.14. The molecule has 0 saturated carbocycles. The van der Waals surface area contributed by atoms with Crippen molar-refractivity contribution in [2.24, 2.45) is 0 Å². The zero-order chi connectivity index (χ0) is 20.0. The van der Waals surface area contributed by atoms with Crippen molar-refractivity contribution in [2.45, 2.75) is 6.54 Å². The van der Waals surface area contributed by atoms with Crippen LogP contribution in [0, 0.1) is 5.82 Å². The Labute approximate surface area is 164 Å². The summed E-state index contributed by atoms with van der Waals surface area (Å²) >= 11 is 3.22. The fourth-order valence-corrected chi connectivity index (χ4v) is 2.79. The van der Waals surface area contributed by atoms with E-state index >= 15 is 0 Å². The molecule has 0 saturated heterocycles. The third-order valence-corrected chi connectivity index (χ3v) is 4.27. The number of halogens is 2. The van der Waals surface area contributed by atoms with Crippen molar-refractivity contribution in [2.75, 3.05) is 27.9 Å². The van der Waals surface area contributed by atoms with Crippen LogP contribution in [-0.2, 0) is 16.1 Å². The maximum Gasteiger partial charge on any atom is 0.325 e. The second-order valence-electron chi connectivity index (χ2n) is 5.58. The van der Waals surface area contributed by atoms with Crippen LogP contribution in [0.2, 0.25) is 0 Å². The van der Waals surface area contributed by atoms with Crippen LogP contribution in [0.1, 0.15) is 15.9 Å². The quantitative estimate of drug-likeness (QED) is 0.618. The molecule has 0 bridgehead atoms. The molecule has 0 atom stereocenters. The highest BCUT2D eigenvalue weighted by atomic mass is 79.9. The van der Waals surface area contributed by atoms with E-state index in [1.807, 2.05) is 0 Å². The summed E-state index contributed by atoms with van der Waals surface area (Å²) in [7, 11) is 4.23. The second-order valence-corrected chi connectivity index (χ2v) is 6.50. The predicted molar refractivity (Wildman–Crippen MR) is 100 cm³/mol. The number of hydrogen-bond acceptors (Lipinski definition) is 5. The minimum Gasteiger partial charge on any atom is -0.497 e. The minimum absolute atomic E-state index is 0.0352. The molecule has 2 aromatic carbocycles. The van der Waals surface area contributed by atoms with Gasteiger partial charge < -0.3 is 19.1 Å². The molecule has 1 amide bonds. The van der Waals surface area contributed by atoms with Gasteiger partial charge in [0.2, 0.25) is 0 Å². The zero-order valence-electron chi connectivity index (χ0n) is 15.1. The number of amides is 1. The first-order chi connectivity index (χ1) is 12.9. The summed E-state index contributed by atoms with van der Waals surface area (Å²) in [5.41, 5.74) is 0.502. The van der Waals surface area contributed by atoms with Crippen molar-refractivity contribution in [3.05, 3.63) is 57.8 Å². The summed E-state index contributed by atoms with van der Waals surface area (Å²) in [5.74, 6) is -0.872. The largest absolute Gasteiger partial charge is 0.497 e. The monoisotopic (exact) mass is 439 g/mol. The Morgan fingerprint density at radius 2 is 1.67 bits per heavy atom. The number of carbonyl (C=O) groups is 2. The predicted octanol–water partition coefficient (Wildman–Crippen LogP) is 3.42. The van der Waals surface area contributed by atoms with Gasteiger partial charge in [-0.2, -0.15) is 0 Å². The lowest BCUT2D eigenvalue weighted by atomic mass is 10.1. The van der Waals surface area contributed by atoms with Crippen molar-refractivity contribution in [1.82, 2.24) is 4.90 Å². The molecule has 0 unspecified atom stereocenters. The van der Waals surface area contributed by atoms with E-state index in [1.165, 1.54) is 44.4 Å². The number of esters is 1. The molecular weight excluding hydrogens is 421 g/mol. The van der Waals surface area contributed by atoms with Crippen molar-refractivity contribution in [3.8, 4) is 11.5 Å². The summed E-state index contributed by atoms with van der Waals surface area (Å²) in [5, 5.41) is 0. The topological polar surface area (TPSA) is 65.1 Å². The molecule has 0 spiro atoms. The third-order valence-electron chi connectivity index (χ3n) is 3.78. The molecule has 0 aliphatic carbocycles. The fourth-order valence-electron chi connectivity index (χ4n) is 2.43. The van der Waals surface area contributed by atoms with E-state index in [0.29, 0.717) is 21.5 Å². The van der Waals surface area contributed by atoms with Crippen molar-refractivity contribution in [3.63, 3.8) is 0 Å². The first-order valence-electron chi connectivity index (χ1n) is 7.91. The van der Waals surface area contributed by atoms with E-state index in [1.54, 1.807) is 18.2 Å². The molecule has 2 rings (SSSR count). The Morgan fingerprint density at radius 1 is 1.04 bits per heavy atom. The van der Waals surface area contributed by atoms with E-state index in [4.69, 9.17) is 9.47 Å². The molecule has 0 radical (unpaired) electrons. The minimum atomic E-state index is -0.679. The van der Waals surface area contributed by atoms with Gasteiger partial charge in [-0.1, -0.05) is 15.9 Å². The van der Waals surface area contributed by atoms with Crippen LogP contribution in [0.25, 0.3) is 0 Å². The van der Waals surface area contributed by atoms with Gasteiger partial charge in [-0.25, -0.2) is 4.39 Å². The van der Waals surface area contributed by atoms with Crippen LogP contribution in [0.15, 0.2) is 40.9 Å².